The van der Waals surface area contributed by atoms with Gasteiger partial charge in [0.2, 0.25) is 5.91 Å². The first-order valence-corrected chi connectivity index (χ1v) is 8.31. The molecule has 0 aromatic heterocycles. The molecule has 0 atom stereocenters. The number of carbonyl (C=O) groups excluding carboxylic acids is 1. The van der Waals surface area contributed by atoms with Gasteiger partial charge in [0.05, 0.1) is 12.5 Å². The average molecular weight is 309 g/mol. The first kappa shape index (κ1) is 15.6. The third-order valence-electron chi connectivity index (χ3n) is 4.23. The summed E-state index contributed by atoms with van der Waals surface area (Å²) < 4.78 is 5.93. The van der Waals surface area contributed by atoms with E-state index in [0.717, 1.165) is 29.8 Å². The van der Waals surface area contributed by atoms with Crippen LogP contribution >= 0.6 is 0 Å². The van der Waals surface area contributed by atoms with E-state index >= 15 is 0 Å². The highest BCUT2D eigenvalue weighted by atomic mass is 16.5. The molecule has 2 aromatic rings. The zero-order chi connectivity index (χ0) is 16.1. The van der Waals surface area contributed by atoms with Crippen LogP contribution in [-0.2, 0) is 11.2 Å². The minimum absolute atomic E-state index is 0.00156. The summed E-state index contributed by atoms with van der Waals surface area (Å²) in [7, 11) is 0. The Bertz CT molecular complexity index is 640. The molecule has 1 aliphatic rings. The second-order valence-corrected chi connectivity index (χ2v) is 6.26. The lowest BCUT2D eigenvalue weighted by molar-refractivity contribution is -0.115. The molecule has 0 bridgehead atoms. The Morgan fingerprint density at radius 2 is 1.70 bits per heavy atom. The topological polar surface area (TPSA) is 38.3 Å². The Morgan fingerprint density at radius 3 is 2.35 bits per heavy atom. The highest BCUT2D eigenvalue weighted by Crippen LogP contribution is 2.25. The molecule has 0 spiro atoms. The number of carbonyl (C=O) groups is 1. The quantitative estimate of drug-likeness (QED) is 0.883. The van der Waals surface area contributed by atoms with Gasteiger partial charge in [-0.25, -0.2) is 0 Å². The van der Waals surface area contributed by atoms with Crippen LogP contribution in [0.2, 0.25) is 0 Å². The Hall–Kier alpha value is -2.29. The molecule has 3 rings (SSSR count). The predicted molar refractivity (Wildman–Crippen MR) is 92.8 cm³/mol. The summed E-state index contributed by atoms with van der Waals surface area (Å²) in [6.07, 6.45) is 5.57. The van der Waals surface area contributed by atoms with E-state index in [1.165, 1.54) is 18.4 Å². The summed E-state index contributed by atoms with van der Waals surface area (Å²) in [5.74, 6) is 0.881. The molecule has 0 aliphatic heterocycles. The molecular formula is C20H23NO2. The zero-order valence-electron chi connectivity index (χ0n) is 13.5. The van der Waals surface area contributed by atoms with Crippen LogP contribution < -0.4 is 10.1 Å². The molecule has 2 aromatic carbocycles. The highest BCUT2D eigenvalue weighted by Gasteiger charge is 2.16. The van der Waals surface area contributed by atoms with Gasteiger partial charge >= 0.3 is 0 Å². The molecule has 3 nitrogen and oxygen atoms in total. The minimum atomic E-state index is -0.00156. The van der Waals surface area contributed by atoms with E-state index in [9.17, 15) is 4.79 Å². The van der Waals surface area contributed by atoms with Gasteiger partial charge in [-0.15, -0.1) is 0 Å². The number of ether oxygens (including phenoxy) is 1. The summed E-state index contributed by atoms with van der Waals surface area (Å²) in [4.78, 5) is 12.1. The minimum Gasteiger partial charge on any atom is -0.490 e. The van der Waals surface area contributed by atoms with Gasteiger partial charge in [0.25, 0.3) is 0 Å². The van der Waals surface area contributed by atoms with E-state index in [4.69, 9.17) is 4.74 Å². The van der Waals surface area contributed by atoms with Crippen LogP contribution in [0.3, 0.4) is 0 Å². The maximum Gasteiger partial charge on any atom is 0.228 e. The first-order chi connectivity index (χ1) is 11.2. The molecule has 120 valence electrons. The number of benzene rings is 2. The predicted octanol–water partition coefficient (Wildman–Crippen LogP) is 4.50. The van der Waals surface area contributed by atoms with Crippen molar-refractivity contribution in [1.29, 1.82) is 0 Å². The lowest BCUT2D eigenvalue weighted by Crippen LogP contribution is -2.14. The van der Waals surface area contributed by atoms with E-state index in [0.29, 0.717) is 12.5 Å². The van der Waals surface area contributed by atoms with Crippen molar-refractivity contribution in [2.45, 2.75) is 45.1 Å². The molecule has 1 fully saturated rings. The van der Waals surface area contributed by atoms with E-state index in [1.54, 1.807) is 0 Å². The van der Waals surface area contributed by atoms with Crippen LogP contribution in [0.4, 0.5) is 5.69 Å². The summed E-state index contributed by atoms with van der Waals surface area (Å²) in [6, 6.07) is 15.7. The highest BCUT2D eigenvalue weighted by molar-refractivity contribution is 5.92. The van der Waals surface area contributed by atoms with Gasteiger partial charge in [-0.05, 0) is 62.4 Å². The largest absolute Gasteiger partial charge is 0.490 e. The molecule has 1 N–H and O–H groups in total. The van der Waals surface area contributed by atoms with Crippen LogP contribution in [0.1, 0.15) is 36.8 Å². The van der Waals surface area contributed by atoms with Crippen LogP contribution in [0.5, 0.6) is 5.75 Å². The third-order valence-corrected chi connectivity index (χ3v) is 4.23. The van der Waals surface area contributed by atoms with Gasteiger partial charge in [0.1, 0.15) is 5.75 Å². The Morgan fingerprint density at radius 1 is 1.04 bits per heavy atom. The number of hydrogen-bond acceptors (Lipinski definition) is 2. The van der Waals surface area contributed by atoms with E-state index in [1.807, 2.05) is 55.5 Å². The van der Waals surface area contributed by atoms with Crippen molar-refractivity contribution in [2.75, 3.05) is 5.32 Å². The van der Waals surface area contributed by atoms with Crippen molar-refractivity contribution in [3.8, 4) is 5.75 Å². The van der Waals surface area contributed by atoms with Gasteiger partial charge < -0.3 is 10.1 Å². The fourth-order valence-corrected chi connectivity index (χ4v) is 2.91. The maximum atomic E-state index is 12.1. The lowest BCUT2D eigenvalue weighted by atomic mass is 10.1. The zero-order valence-corrected chi connectivity index (χ0v) is 13.5. The molecule has 1 saturated carbocycles. The SMILES string of the molecule is Cc1ccc(CC(=O)Nc2ccc(OC3CCCC3)cc2)cc1. The van der Waals surface area contributed by atoms with Crippen molar-refractivity contribution in [2.24, 2.45) is 0 Å². The summed E-state index contributed by atoms with van der Waals surface area (Å²) in [5.41, 5.74) is 3.03. The van der Waals surface area contributed by atoms with Gasteiger partial charge in [0, 0.05) is 5.69 Å². The van der Waals surface area contributed by atoms with E-state index in [2.05, 4.69) is 5.32 Å². The maximum absolute atomic E-state index is 12.1. The van der Waals surface area contributed by atoms with Crippen molar-refractivity contribution >= 4 is 11.6 Å². The van der Waals surface area contributed by atoms with Crippen LogP contribution in [0, 0.1) is 6.92 Å². The molecule has 1 amide bonds. The average Bonchev–Trinajstić information content (AvgIpc) is 3.04. The van der Waals surface area contributed by atoms with Crippen LogP contribution in [0.25, 0.3) is 0 Å². The molecule has 0 radical (unpaired) electrons. The standard InChI is InChI=1S/C20H23NO2/c1-15-6-8-16(9-7-15)14-20(22)21-17-10-12-19(13-11-17)23-18-4-2-3-5-18/h6-13,18H,2-5,14H2,1H3,(H,21,22). The molecule has 3 heteroatoms. The molecule has 23 heavy (non-hydrogen) atoms. The second kappa shape index (κ2) is 7.32. The summed E-state index contributed by atoms with van der Waals surface area (Å²) in [5, 5.41) is 2.93. The van der Waals surface area contributed by atoms with Crippen molar-refractivity contribution in [1.82, 2.24) is 0 Å². The number of aryl methyl sites for hydroxylation is 1. The van der Waals surface area contributed by atoms with Crippen molar-refractivity contribution in [3.63, 3.8) is 0 Å². The number of anilines is 1. The number of nitrogens with one attached hydrogen (secondary N) is 1. The van der Waals surface area contributed by atoms with E-state index < -0.39 is 0 Å². The fraction of sp³-hybridized carbons (Fsp3) is 0.350. The summed E-state index contributed by atoms with van der Waals surface area (Å²) >= 11 is 0. The Kier molecular flexibility index (Phi) is 4.96. The Labute approximate surface area is 137 Å². The van der Waals surface area contributed by atoms with Gasteiger partial charge in [-0.3, -0.25) is 4.79 Å². The number of rotatable bonds is 5. The van der Waals surface area contributed by atoms with Crippen LogP contribution in [0.15, 0.2) is 48.5 Å². The summed E-state index contributed by atoms with van der Waals surface area (Å²) in [6.45, 7) is 2.04. The molecule has 0 saturated heterocycles. The van der Waals surface area contributed by atoms with Gasteiger partial charge in [-0.1, -0.05) is 29.8 Å². The molecular weight excluding hydrogens is 286 g/mol. The Balaban J connectivity index is 1.52. The molecule has 0 unspecified atom stereocenters. The molecule has 0 heterocycles. The number of amides is 1. The number of hydrogen-bond donors (Lipinski definition) is 1. The van der Waals surface area contributed by atoms with Gasteiger partial charge in [0.15, 0.2) is 0 Å². The van der Waals surface area contributed by atoms with Crippen LogP contribution in [-0.4, -0.2) is 12.0 Å². The fourth-order valence-electron chi connectivity index (χ4n) is 2.91. The normalized spacial score (nSPS) is 14.7. The van der Waals surface area contributed by atoms with Gasteiger partial charge in [-0.2, -0.15) is 0 Å². The van der Waals surface area contributed by atoms with Crippen molar-refractivity contribution in [3.05, 3.63) is 59.7 Å². The third kappa shape index (κ3) is 4.59. The van der Waals surface area contributed by atoms with Crippen molar-refractivity contribution < 1.29 is 9.53 Å². The lowest BCUT2D eigenvalue weighted by Gasteiger charge is -2.13. The monoisotopic (exact) mass is 309 g/mol. The first-order valence-electron chi connectivity index (χ1n) is 8.31. The second-order valence-electron chi connectivity index (χ2n) is 6.26. The molecule has 1 aliphatic carbocycles. The van der Waals surface area contributed by atoms with E-state index in [-0.39, 0.29) is 5.91 Å². The smallest absolute Gasteiger partial charge is 0.228 e.